The van der Waals surface area contributed by atoms with E-state index in [0.717, 1.165) is 0 Å². The number of rotatable bonds is 7. The Morgan fingerprint density at radius 2 is 1.79 bits per heavy atom. The number of carbonyl (C=O) groups is 3. The quantitative estimate of drug-likeness (QED) is 0.399. The van der Waals surface area contributed by atoms with Gasteiger partial charge < -0.3 is 15.7 Å². The van der Waals surface area contributed by atoms with Gasteiger partial charge in [-0.15, -0.1) is 0 Å². The van der Waals surface area contributed by atoms with Gasteiger partial charge in [0.1, 0.15) is 17.7 Å². The van der Waals surface area contributed by atoms with Crippen molar-refractivity contribution in [2.24, 2.45) is 5.92 Å². The summed E-state index contributed by atoms with van der Waals surface area (Å²) in [6, 6.07) is 7.14. The summed E-state index contributed by atoms with van der Waals surface area (Å²) in [6.45, 7) is 4.77. The summed E-state index contributed by atoms with van der Waals surface area (Å²) < 4.78 is 0. The number of nitriles is 1. The lowest BCUT2D eigenvalue weighted by atomic mass is 10.0. The number of hydrogen-bond acceptors (Lipinski definition) is 5. The Bertz CT molecular complexity index is 700. The normalized spacial score (nSPS) is 12.2. The van der Waals surface area contributed by atoms with Crippen LogP contribution < -0.4 is 10.6 Å². The summed E-state index contributed by atoms with van der Waals surface area (Å²) in [5.74, 6) is -2.32. The topological polar surface area (TPSA) is 119 Å². The fourth-order valence-electron chi connectivity index (χ4n) is 1.84. The number of carbonyl (C=O) groups excluding carboxylic acids is 2. The molecule has 1 rings (SSSR count). The monoisotopic (exact) mass is 329 g/mol. The van der Waals surface area contributed by atoms with Gasteiger partial charge in [-0.25, -0.2) is 4.79 Å². The molecule has 1 amide bonds. The van der Waals surface area contributed by atoms with Crippen LogP contribution in [0.25, 0.3) is 0 Å². The zero-order valence-corrected chi connectivity index (χ0v) is 13.7. The molecule has 1 unspecified atom stereocenters. The lowest BCUT2D eigenvalue weighted by Gasteiger charge is -2.17. The van der Waals surface area contributed by atoms with Gasteiger partial charge in [0.2, 0.25) is 0 Å². The van der Waals surface area contributed by atoms with Crippen molar-refractivity contribution in [1.29, 1.82) is 5.26 Å². The molecule has 0 fully saturated rings. The standard InChI is InChI=1S/C17H19N3O4/c1-10(2)15(17(23)24)20-16(22)13(8-18)9-19-14-6-4-12(5-7-14)11(3)21/h4-7,9-10,15,19H,1-3H3,(H,20,22)(H,23,24)/b13-9-. The third-order valence-electron chi connectivity index (χ3n) is 3.26. The van der Waals surface area contributed by atoms with Gasteiger partial charge in [-0.2, -0.15) is 5.26 Å². The highest BCUT2D eigenvalue weighted by atomic mass is 16.4. The van der Waals surface area contributed by atoms with Crippen LogP contribution in [0.3, 0.4) is 0 Å². The molecule has 1 atom stereocenters. The van der Waals surface area contributed by atoms with Crippen molar-refractivity contribution in [3.63, 3.8) is 0 Å². The molecule has 1 aromatic carbocycles. The molecule has 7 heteroatoms. The van der Waals surface area contributed by atoms with E-state index in [0.29, 0.717) is 11.3 Å². The van der Waals surface area contributed by atoms with E-state index < -0.39 is 17.9 Å². The molecule has 24 heavy (non-hydrogen) atoms. The Hall–Kier alpha value is -3.14. The maximum absolute atomic E-state index is 12.0. The van der Waals surface area contributed by atoms with Gasteiger partial charge in [-0.05, 0) is 37.1 Å². The van der Waals surface area contributed by atoms with E-state index in [-0.39, 0.29) is 17.3 Å². The van der Waals surface area contributed by atoms with Crippen molar-refractivity contribution < 1.29 is 19.5 Å². The minimum atomic E-state index is -1.16. The second kappa shape index (κ2) is 8.48. The van der Waals surface area contributed by atoms with Gasteiger partial charge >= 0.3 is 5.97 Å². The molecule has 7 nitrogen and oxygen atoms in total. The van der Waals surface area contributed by atoms with Crippen LogP contribution in [0.5, 0.6) is 0 Å². The lowest BCUT2D eigenvalue weighted by molar-refractivity contribution is -0.142. The molecule has 1 aromatic rings. The molecule has 0 aromatic heterocycles. The minimum absolute atomic E-state index is 0.0671. The summed E-state index contributed by atoms with van der Waals surface area (Å²) >= 11 is 0. The van der Waals surface area contributed by atoms with E-state index in [1.54, 1.807) is 44.2 Å². The molecular weight excluding hydrogens is 310 g/mol. The smallest absolute Gasteiger partial charge is 0.326 e. The minimum Gasteiger partial charge on any atom is -0.480 e. The molecule has 126 valence electrons. The van der Waals surface area contributed by atoms with Crippen molar-refractivity contribution in [2.45, 2.75) is 26.8 Å². The van der Waals surface area contributed by atoms with E-state index in [4.69, 9.17) is 10.4 Å². The van der Waals surface area contributed by atoms with Crippen LogP contribution in [0, 0.1) is 17.2 Å². The number of benzene rings is 1. The van der Waals surface area contributed by atoms with E-state index in [1.165, 1.54) is 13.1 Å². The molecule has 0 saturated heterocycles. The van der Waals surface area contributed by atoms with Crippen LogP contribution in [-0.2, 0) is 9.59 Å². The summed E-state index contributed by atoms with van der Waals surface area (Å²) in [4.78, 5) is 34.3. The third kappa shape index (κ3) is 5.25. The van der Waals surface area contributed by atoms with Gasteiger partial charge in [0.15, 0.2) is 5.78 Å². The Morgan fingerprint density at radius 3 is 2.21 bits per heavy atom. The second-order valence-corrected chi connectivity index (χ2v) is 5.48. The van der Waals surface area contributed by atoms with Gasteiger partial charge in [0.05, 0.1) is 0 Å². The first kappa shape index (κ1) is 18.9. The van der Waals surface area contributed by atoms with Crippen LogP contribution >= 0.6 is 0 Å². The third-order valence-corrected chi connectivity index (χ3v) is 3.26. The van der Waals surface area contributed by atoms with Crippen molar-refractivity contribution in [2.75, 3.05) is 5.32 Å². The number of amides is 1. The fourth-order valence-corrected chi connectivity index (χ4v) is 1.84. The molecule has 0 aliphatic heterocycles. The highest BCUT2D eigenvalue weighted by Crippen LogP contribution is 2.11. The number of aliphatic carboxylic acids is 1. The van der Waals surface area contributed by atoms with Crippen LogP contribution in [0.4, 0.5) is 5.69 Å². The molecule has 0 aliphatic carbocycles. The fraction of sp³-hybridized carbons (Fsp3) is 0.294. The van der Waals surface area contributed by atoms with Gasteiger partial charge in [0, 0.05) is 17.5 Å². The van der Waals surface area contributed by atoms with Crippen LogP contribution in [0.15, 0.2) is 36.0 Å². The number of hydrogen-bond donors (Lipinski definition) is 3. The highest BCUT2D eigenvalue weighted by molar-refractivity contribution is 5.99. The molecule has 0 heterocycles. The van der Waals surface area contributed by atoms with Crippen LogP contribution in [0.2, 0.25) is 0 Å². The van der Waals surface area contributed by atoms with E-state index in [9.17, 15) is 14.4 Å². The number of nitrogens with one attached hydrogen (secondary N) is 2. The Kier molecular flexibility index (Phi) is 6.68. The zero-order valence-electron chi connectivity index (χ0n) is 13.7. The second-order valence-electron chi connectivity index (χ2n) is 5.48. The van der Waals surface area contributed by atoms with Crippen LogP contribution in [-0.4, -0.2) is 28.8 Å². The van der Waals surface area contributed by atoms with Gasteiger partial charge in [0.25, 0.3) is 5.91 Å². The largest absolute Gasteiger partial charge is 0.480 e. The zero-order chi connectivity index (χ0) is 18.3. The van der Waals surface area contributed by atoms with Crippen molar-refractivity contribution in [3.8, 4) is 6.07 Å². The number of anilines is 1. The number of carboxylic acid groups (broad SMARTS) is 1. The molecule has 0 saturated carbocycles. The average molecular weight is 329 g/mol. The summed E-state index contributed by atoms with van der Waals surface area (Å²) in [5, 5.41) is 23.2. The molecule has 0 bridgehead atoms. The lowest BCUT2D eigenvalue weighted by Crippen LogP contribution is -2.44. The summed E-state index contributed by atoms with van der Waals surface area (Å²) in [5.41, 5.74) is 0.876. The van der Waals surface area contributed by atoms with Crippen molar-refractivity contribution in [1.82, 2.24) is 5.32 Å². The first-order valence-corrected chi connectivity index (χ1v) is 7.27. The number of Topliss-reactive ketones (excluding diaryl/α,β-unsaturated/α-hetero) is 1. The van der Waals surface area contributed by atoms with Crippen molar-refractivity contribution in [3.05, 3.63) is 41.6 Å². The predicted molar refractivity (Wildman–Crippen MR) is 88.2 cm³/mol. The maximum Gasteiger partial charge on any atom is 0.326 e. The summed E-state index contributed by atoms with van der Waals surface area (Å²) in [6.07, 6.45) is 1.19. The summed E-state index contributed by atoms with van der Waals surface area (Å²) in [7, 11) is 0. The van der Waals surface area contributed by atoms with E-state index >= 15 is 0 Å². The highest BCUT2D eigenvalue weighted by Gasteiger charge is 2.24. The molecule has 0 aliphatic rings. The SMILES string of the molecule is CC(=O)c1ccc(N/C=C(/C#N)C(=O)NC(C(=O)O)C(C)C)cc1. The average Bonchev–Trinajstić information content (AvgIpc) is 2.52. The van der Waals surface area contributed by atoms with E-state index in [1.807, 2.05) is 0 Å². The maximum atomic E-state index is 12.0. The predicted octanol–water partition coefficient (Wildman–Crippen LogP) is 1.93. The molecule has 0 radical (unpaired) electrons. The Morgan fingerprint density at radius 1 is 1.21 bits per heavy atom. The number of carboxylic acids is 1. The van der Waals surface area contributed by atoms with Gasteiger partial charge in [-0.1, -0.05) is 13.8 Å². The molecule has 0 spiro atoms. The van der Waals surface area contributed by atoms with E-state index in [2.05, 4.69) is 10.6 Å². The number of nitrogens with zero attached hydrogens (tertiary/aromatic N) is 1. The first-order valence-electron chi connectivity index (χ1n) is 7.27. The van der Waals surface area contributed by atoms with Gasteiger partial charge in [-0.3, -0.25) is 9.59 Å². The molecule has 3 N–H and O–H groups in total. The Balaban J connectivity index is 2.83. The Labute approximate surface area is 140 Å². The van der Waals surface area contributed by atoms with Crippen molar-refractivity contribution >= 4 is 23.3 Å². The first-order chi connectivity index (χ1) is 11.3. The molecular formula is C17H19N3O4. The number of ketones is 1. The van der Waals surface area contributed by atoms with Crippen LogP contribution in [0.1, 0.15) is 31.1 Å².